The lowest BCUT2D eigenvalue weighted by Crippen LogP contribution is -2.32. The Bertz CT molecular complexity index is 367. The highest BCUT2D eigenvalue weighted by Gasteiger charge is 2.23. The summed E-state index contributed by atoms with van der Waals surface area (Å²) in [7, 11) is 0. The predicted octanol–water partition coefficient (Wildman–Crippen LogP) is 2.72. The third-order valence-corrected chi connectivity index (χ3v) is 3.84. The van der Waals surface area contributed by atoms with Crippen LogP contribution < -0.4 is 10.5 Å². The van der Waals surface area contributed by atoms with E-state index in [2.05, 4.69) is 0 Å². The number of hydrogen-bond acceptors (Lipinski definition) is 3. The molecule has 18 heavy (non-hydrogen) atoms. The first-order chi connectivity index (χ1) is 8.81. The van der Waals surface area contributed by atoms with Crippen molar-refractivity contribution in [2.45, 2.75) is 12.8 Å². The molecule has 0 amide bonds. The van der Waals surface area contributed by atoms with Crippen molar-refractivity contribution >= 4 is 11.6 Å². The van der Waals surface area contributed by atoms with E-state index in [1.165, 1.54) is 0 Å². The quantitative estimate of drug-likeness (QED) is 0.894. The molecule has 0 aromatic heterocycles. The van der Waals surface area contributed by atoms with Crippen LogP contribution in [0.2, 0.25) is 5.02 Å². The van der Waals surface area contributed by atoms with Gasteiger partial charge in [0, 0.05) is 19.1 Å². The van der Waals surface area contributed by atoms with E-state index in [1.54, 1.807) is 0 Å². The highest BCUT2D eigenvalue weighted by molar-refractivity contribution is 6.32. The normalized spacial score (nSPS) is 18.6. The summed E-state index contributed by atoms with van der Waals surface area (Å²) in [6.07, 6.45) is 2.15. The number of rotatable bonds is 5. The monoisotopic (exact) mass is 269 g/mol. The average molecular weight is 270 g/mol. The number of hydrogen-bond donors (Lipinski definition) is 1. The van der Waals surface area contributed by atoms with Gasteiger partial charge < -0.3 is 15.2 Å². The molecule has 1 aliphatic heterocycles. The Morgan fingerprint density at radius 3 is 2.72 bits per heavy atom. The molecule has 0 saturated carbocycles. The minimum atomic E-state index is 0.380. The summed E-state index contributed by atoms with van der Waals surface area (Å²) in [5.74, 6) is 1.72. The smallest absolute Gasteiger partial charge is 0.137 e. The molecule has 0 aliphatic carbocycles. The molecule has 1 atom stereocenters. The first-order valence-corrected chi connectivity index (χ1v) is 6.84. The van der Waals surface area contributed by atoms with Gasteiger partial charge in [0.25, 0.3) is 0 Å². The molecular formula is C14H20ClNO2. The lowest BCUT2D eigenvalue weighted by atomic mass is 9.86. The molecule has 1 fully saturated rings. The Morgan fingerprint density at radius 1 is 1.33 bits per heavy atom. The Balaban J connectivity index is 1.88. The van der Waals surface area contributed by atoms with Crippen molar-refractivity contribution in [3.8, 4) is 5.75 Å². The summed E-state index contributed by atoms with van der Waals surface area (Å²) in [5, 5.41) is 0.653. The van der Waals surface area contributed by atoms with Crippen molar-refractivity contribution in [1.82, 2.24) is 0 Å². The van der Waals surface area contributed by atoms with E-state index >= 15 is 0 Å². The second-order valence-electron chi connectivity index (χ2n) is 4.69. The maximum atomic E-state index is 6.06. The van der Waals surface area contributed by atoms with E-state index in [0.717, 1.165) is 31.8 Å². The van der Waals surface area contributed by atoms with E-state index in [4.69, 9.17) is 26.8 Å². The molecule has 3 nitrogen and oxygen atoms in total. The largest absolute Gasteiger partial charge is 0.492 e. The molecule has 100 valence electrons. The third-order valence-electron chi connectivity index (χ3n) is 3.52. The van der Waals surface area contributed by atoms with Gasteiger partial charge in [0.1, 0.15) is 5.75 Å². The zero-order chi connectivity index (χ0) is 12.8. The van der Waals surface area contributed by atoms with Crippen LogP contribution in [-0.2, 0) is 4.74 Å². The van der Waals surface area contributed by atoms with E-state index in [0.29, 0.717) is 30.0 Å². The highest BCUT2D eigenvalue weighted by Crippen LogP contribution is 2.27. The predicted molar refractivity (Wildman–Crippen MR) is 73.0 cm³/mol. The van der Waals surface area contributed by atoms with E-state index < -0.39 is 0 Å². The molecule has 0 radical (unpaired) electrons. The molecule has 1 aliphatic rings. The fourth-order valence-electron chi connectivity index (χ4n) is 2.34. The van der Waals surface area contributed by atoms with Gasteiger partial charge in [-0.2, -0.15) is 0 Å². The molecule has 0 spiro atoms. The SMILES string of the molecule is NCC(COc1ccccc1Cl)C1CCOCC1. The van der Waals surface area contributed by atoms with E-state index in [-0.39, 0.29) is 0 Å². The van der Waals surface area contributed by atoms with Crippen molar-refractivity contribution in [3.63, 3.8) is 0 Å². The van der Waals surface area contributed by atoms with E-state index in [9.17, 15) is 0 Å². The average Bonchev–Trinajstić information content (AvgIpc) is 2.42. The first kappa shape index (κ1) is 13.7. The lowest BCUT2D eigenvalue weighted by molar-refractivity contribution is 0.0381. The van der Waals surface area contributed by atoms with Gasteiger partial charge in [0.15, 0.2) is 0 Å². The molecule has 1 aromatic rings. The minimum Gasteiger partial charge on any atom is -0.492 e. The summed E-state index contributed by atoms with van der Waals surface area (Å²) < 4.78 is 11.2. The van der Waals surface area contributed by atoms with Gasteiger partial charge in [-0.3, -0.25) is 0 Å². The standard InChI is InChI=1S/C14H20ClNO2/c15-13-3-1-2-4-14(13)18-10-12(9-16)11-5-7-17-8-6-11/h1-4,11-12H,5-10,16H2. The van der Waals surface area contributed by atoms with Crippen molar-refractivity contribution in [1.29, 1.82) is 0 Å². The molecule has 2 N–H and O–H groups in total. The van der Waals surface area contributed by atoms with Gasteiger partial charge in [-0.1, -0.05) is 23.7 Å². The molecule has 0 bridgehead atoms. The molecule has 2 rings (SSSR count). The van der Waals surface area contributed by atoms with Crippen molar-refractivity contribution in [3.05, 3.63) is 29.3 Å². The van der Waals surface area contributed by atoms with Crippen LogP contribution in [0.5, 0.6) is 5.75 Å². The molecule has 4 heteroatoms. The Hall–Kier alpha value is -0.770. The number of ether oxygens (including phenoxy) is 2. The van der Waals surface area contributed by atoms with Crippen LogP contribution in [0, 0.1) is 11.8 Å². The Labute approximate surface area is 113 Å². The van der Waals surface area contributed by atoms with Crippen molar-refractivity contribution in [2.24, 2.45) is 17.6 Å². The van der Waals surface area contributed by atoms with Gasteiger partial charge >= 0.3 is 0 Å². The van der Waals surface area contributed by atoms with Gasteiger partial charge in [-0.25, -0.2) is 0 Å². The second-order valence-corrected chi connectivity index (χ2v) is 5.09. The number of nitrogens with two attached hydrogens (primary N) is 1. The number of benzene rings is 1. The summed E-state index contributed by atoms with van der Waals surface area (Å²) >= 11 is 6.06. The molecule has 1 heterocycles. The van der Waals surface area contributed by atoms with Crippen molar-refractivity contribution in [2.75, 3.05) is 26.4 Å². The number of halogens is 1. The van der Waals surface area contributed by atoms with Gasteiger partial charge in [-0.15, -0.1) is 0 Å². The molecule has 1 unspecified atom stereocenters. The second kappa shape index (κ2) is 6.98. The Morgan fingerprint density at radius 2 is 2.06 bits per heavy atom. The van der Waals surface area contributed by atoms with Crippen LogP contribution in [0.4, 0.5) is 0 Å². The van der Waals surface area contributed by atoms with Gasteiger partial charge in [0.05, 0.1) is 11.6 Å². The summed E-state index contributed by atoms with van der Waals surface area (Å²) in [6, 6.07) is 7.55. The molecular weight excluding hydrogens is 250 g/mol. The zero-order valence-corrected chi connectivity index (χ0v) is 11.2. The number of para-hydroxylation sites is 1. The summed E-state index contributed by atoms with van der Waals surface area (Å²) in [6.45, 7) is 2.96. The lowest BCUT2D eigenvalue weighted by Gasteiger charge is -2.29. The molecule has 1 aromatic carbocycles. The zero-order valence-electron chi connectivity index (χ0n) is 10.5. The van der Waals surface area contributed by atoms with Crippen molar-refractivity contribution < 1.29 is 9.47 Å². The topological polar surface area (TPSA) is 44.5 Å². The van der Waals surface area contributed by atoms with Crippen LogP contribution in [0.15, 0.2) is 24.3 Å². The fraction of sp³-hybridized carbons (Fsp3) is 0.571. The highest BCUT2D eigenvalue weighted by atomic mass is 35.5. The van der Waals surface area contributed by atoms with Gasteiger partial charge in [-0.05, 0) is 37.4 Å². The Kier molecular flexibility index (Phi) is 5.29. The maximum Gasteiger partial charge on any atom is 0.137 e. The van der Waals surface area contributed by atoms with E-state index in [1.807, 2.05) is 24.3 Å². The fourth-order valence-corrected chi connectivity index (χ4v) is 2.53. The third kappa shape index (κ3) is 3.61. The summed E-state index contributed by atoms with van der Waals surface area (Å²) in [4.78, 5) is 0. The van der Waals surface area contributed by atoms with Crippen LogP contribution in [0.1, 0.15) is 12.8 Å². The summed E-state index contributed by atoms with van der Waals surface area (Å²) in [5.41, 5.74) is 5.85. The van der Waals surface area contributed by atoms with Gasteiger partial charge in [0.2, 0.25) is 0 Å². The first-order valence-electron chi connectivity index (χ1n) is 6.46. The minimum absolute atomic E-state index is 0.380. The molecule has 1 saturated heterocycles. The van der Waals surface area contributed by atoms with Crippen LogP contribution >= 0.6 is 11.6 Å². The van der Waals surface area contributed by atoms with Crippen LogP contribution in [0.25, 0.3) is 0 Å². The van der Waals surface area contributed by atoms with Crippen LogP contribution in [-0.4, -0.2) is 26.4 Å². The maximum absolute atomic E-state index is 6.06. The van der Waals surface area contributed by atoms with Crippen LogP contribution in [0.3, 0.4) is 0 Å².